The Bertz CT molecular complexity index is 439. The second kappa shape index (κ2) is 7.37. The summed E-state index contributed by atoms with van der Waals surface area (Å²) in [7, 11) is 0. The van der Waals surface area contributed by atoms with Gasteiger partial charge in [-0.15, -0.1) is 0 Å². The zero-order chi connectivity index (χ0) is 15.3. The van der Waals surface area contributed by atoms with Crippen LogP contribution in [0.3, 0.4) is 0 Å². The second-order valence-corrected chi connectivity index (χ2v) is 6.52. The number of unbranched alkanes of at least 4 members (excludes halogenated alkanes) is 1. The third-order valence-corrected chi connectivity index (χ3v) is 4.81. The fraction of sp³-hybridized carbons (Fsp3) is 0.667. The Morgan fingerprint density at radius 1 is 1.24 bits per heavy atom. The monoisotopic (exact) mass is 292 g/mol. The van der Waals surface area contributed by atoms with Gasteiger partial charge in [0.15, 0.2) is 0 Å². The lowest BCUT2D eigenvalue weighted by Gasteiger charge is -2.44. The van der Waals surface area contributed by atoms with E-state index in [0.717, 1.165) is 32.4 Å². The van der Waals surface area contributed by atoms with Gasteiger partial charge in [0.05, 0.1) is 5.54 Å². The summed E-state index contributed by atoms with van der Waals surface area (Å²) in [5.74, 6) is -0.180. The Labute approximate surface area is 128 Å². The van der Waals surface area contributed by atoms with Crippen molar-refractivity contribution in [3.05, 3.63) is 35.6 Å². The molecule has 2 atom stereocenters. The van der Waals surface area contributed by atoms with Crippen LogP contribution in [0.5, 0.6) is 0 Å². The first kappa shape index (κ1) is 16.4. The Balaban J connectivity index is 2.26. The topological polar surface area (TPSA) is 29.3 Å². The maximum absolute atomic E-state index is 14.2. The number of halogens is 1. The molecule has 0 aliphatic carbocycles. The van der Waals surface area contributed by atoms with Gasteiger partial charge in [-0.05, 0) is 45.3 Å². The first-order valence-electron chi connectivity index (χ1n) is 8.35. The number of hydrogen-bond donors (Lipinski definition) is 1. The van der Waals surface area contributed by atoms with Crippen LogP contribution in [0, 0.1) is 5.82 Å². The summed E-state index contributed by atoms with van der Waals surface area (Å²) in [5.41, 5.74) is 6.68. The van der Waals surface area contributed by atoms with Crippen LogP contribution >= 0.6 is 0 Å². The van der Waals surface area contributed by atoms with Gasteiger partial charge in [-0.3, -0.25) is 4.90 Å². The molecule has 1 heterocycles. The van der Waals surface area contributed by atoms with Gasteiger partial charge >= 0.3 is 0 Å². The van der Waals surface area contributed by atoms with Crippen molar-refractivity contribution in [2.45, 2.75) is 64.0 Å². The van der Waals surface area contributed by atoms with Crippen molar-refractivity contribution in [1.82, 2.24) is 4.90 Å². The van der Waals surface area contributed by atoms with E-state index in [1.807, 2.05) is 19.1 Å². The number of benzene rings is 1. The molecule has 1 aliphatic rings. The van der Waals surface area contributed by atoms with Crippen LogP contribution in [-0.4, -0.2) is 24.0 Å². The van der Waals surface area contributed by atoms with Crippen molar-refractivity contribution in [1.29, 1.82) is 0 Å². The zero-order valence-corrected chi connectivity index (χ0v) is 13.4. The van der Waals surface area contributed by atoms with Crippen molar-refractivity contribution in [2.75, 3.05) is 13.1 Å². The fourth-order valence-corrected chi connectivity index (χ4v) is 3.57. The smallest absolute Gasteiger partial charge is 0.128 e. The van der Waals surface area contributed by atoms with Crippen molar-refractivity contribution >= 4 is 0 Å². The lowest BCUT2D eigenvalue weighted by atomic mass is 9.81. The predicted octanol–water partition coefficient (Wildman–Crippen LogP) is 4.04. The van der Waals surface area contributed by atoms with Crippen LogP contribution in [0.2, 0.25) is 0 Å². The number of nitrogens with zero attached hydrogens (tertiary/aromatic N) is 1. The molecule has 0 saturated carbocycles. The van der Waals surface area contributed by atoms with Crippen molar-refractivity contribution < 1.29 is 4.39 Å². The Morgan fingerprint density at radius 3 is 2.52 bits per heavy atom. The van der Waals surface area contributed by atoms with Gasteiger partial charge < -0.3 is 5.73 Å². The van der Waals surface area contributed by atoms with Gasteiger partial charge in [0.25, 0.3) is 0 Å². The van der Waals surface area contributed by atoms with E-state index in [4.69, 9.17) is 5.73 Å². The SMILES string of the molecule is CCCCC(N1CCCCC1)C(C)(N)c1ccccc1F. The number of rotatable bonds is 6. The molecular weight excluding hydrogens is 263 g/mol. The molecule has 21 heavy (non-hydrogen) atoms. The summed E-state index contributed by atoms with van der Waals surface area (Å²) >= 11 is 0. The summed E-state index contributed by atoms with van der Waals surface area (Å²) in [6, 6.07) is 7.20. The molecule has 2 rings (SSSR count). The first-order valence-corrected chi connectivity index (χ1v) is 8.35. The summed E-state index contributed by atoms with van der Waals surface area (Å²) in [6.45, 7) is 6.38. The lowest BCUT2D eigenvalue weighted by Crippen LogP contribution is -2.56. The van der Waals surface area contributed by atoms with E-state index in [0.29, 0.717) is 5.56 Å². The fourth-order valence-electron chi connectivity index (χ4n) is 3.57. The van der Waals surface area contributed by atoms with Crippen LogP contribution in [0.1, 0.15) is 57.9 Å². The summed E-state index contributed by atoms with van der Waals surface area (Å²) in [5, 5.41) is 0. The molecule has 0 spiro atoms. The molecule has 0 aromatic heterocycles. The Hall–Kier alpha value is -0.930. The van der Waals surface area contributed by atoms with Crippen molar-refractivity contribution in [3.8, 4) is 0 Å². The highest BCUT2D eigenvalue weighted by atomic mass is 19.1. The van der Waals surface area contributed by atoms with E-state index in [2.05, 4.69) is 11.8 Å². The summed E-state index contributed by atoms with van der Waals surface area (Å²) in [6.07, 6.45) is 7.10. The highest BCUT2D eigenvalue weighted by Gasteiger charge is 2.37. The van der Waals surface area contributed by atoms with E-state index in [9.17, 15) is 4.39 Å². The maximum Gasteiger partial charge on any atom is 0.128 e. The molecule has 1 aromatic carbocycles. The number of hydrogen-bond acceptors (Lipinski definition) is 2. The third-order valence-electron chi connectivity index (χ3n) is 4.81. The average molecular weight is 292 g/mol. The molecule has 3 heteroatoms. The molecule has 2 unspecified atom stereocenters. The minimum absolute atomic E-state index is 0.180. The molecule has 1 fully saturated rings. The molecule has 0 bridgehead atoms. The van der Waals surface area contributed by atoms with E-state index >= 15 is 0 Å². The second-order valence-electron chi connectivity index (χ2n) is 6.52. The van der Waals surface area contributed by atoms with E-state index in [1.165, 1.54) is 25.3 Å². The minimum Gasteiger partial charge on any atom is -0.320 e. The molecule has 0 radical (unpaired) electrons. The Kier molecular flexibility index (Phi) is 5.77. The number of piperidine rings is 1. The first-order chi connectivity index (χ1) is 10.1. The van der Waals surface area contributed by atoms with E-state index in [-0.39, 0.29) is 11.9 Å². The average Bonchev–Trinajstić information content (AvgIpc) is 2.49. The molecule has 1 aromatic rings. The zero-order valence-electron chi connectivity index (χ0n) is 13.4. The molecule has 0 amide bonds. The highest BCUT2D eigenvalue weighted by Crippen LogP contribution is 2.32. The minimum atomic E-state index is -0.641. The summed E-state index contributed by atoms with van der Waals surface area (Å²) in [4.78, 5) is 2.49. The van der Waals surface area contributed by atoms with Crippen molar-refractivity contribution in [2.24, 2.45) is 5.73 Å². The molecule has 2 N–H and O–H groups in total. The third kappa shape index (κ3) is 3.83. The van der Waals surface area contributed by atoms with Crippen LogP contribution in [0.4, 0.5) is 4.39 Å². The highest BCUT2D eigenvalue weighted by molar-refractivity contribution is 5.27. The van der Waals surface area contributed by atoms with Crippen LogP contribution in [0.25, 0.3) is 0 Å². The van der Waals surface area contributed by atoms with Crippen LogP contribution < -0.4 is 5.73 Å². The lowest BCUT2D eigenvalue weighted by molar-refractivity contribution is 0.0934. The molecule has 1 saturated heterocycles. The molecule has 2 nitrogen and oxygen atoms in total. The quantitative estimate of drug-likeness (QED) is 0.857. The normalized spacial score (nSPS) is 21.0. The van der Waals surface area contributed by atoms with Crippen LogP contribution in [0.15, 0.2) is 24.3 Å². The van der Waals surface area contributed by atoms with Gasteiger partial charge in [0, 0.05) is 11.6 Å². The van der Waals surface area contributed by atoms with Gasteiger partial charge in [-0.25, -0.2) is 4.39 Å². The van der Waals surface area contributed by atoms with E-state index < -0.39 is 5.54 Å². The molecular formula is C18H29FN2. The van der Waals surface area contributed by atoms with Crippen molar-refractivity contribution in [3.63, 3.8) is 0 Å². The van der Waals surface area contributed by atoms with Crippen LogP contribution in [-0.2, 0) is 5.54 Å². The van der Waals surface area contributed by atoms with E-state index in [1.54, 1.807) is 6.07 Å². The standard InChI is InChI=1S/C18H29FN2/c1-3-4-12-17(21-13-8-5-9-14-21)18(2,20)15-10-6-7-11-16(15)19/h6-7,10-11,17H,3-5,8-9,12-14,20H2,1-2H3. The summed E-state index contributed by atoms with van der Waals surface area (Å²) < 4.78 is 14.2. The number of likely N-dealkylation sites (tertiary alicyclic amines) is 1. The molecule has 1 aliphatic heterocycles. The molecule has 118 valence electrons. The number of nitrogens with two attached hydrogens (primary N) is 1. The maximum atomic E-state index is 14.2. The Morgan fingerprint density at radius 2 is 1.90 bits per heavy atom. The van der Waals surface area contributed by atoms with Gasteiger partial charge in [0.2, 0.25) is 0 Å². The largest absolute Gasteiger partial charge is 0.320 e. The van der Waals surface area contributed by atoms with Gasteiger partial charge in [-0.2, -0.15) is 0 Å². The van der Waals surface area contributed by atoms with Gasteiger partial charge in [-0.1, -0.05) is 44.4 Å². The predicted molar refractivity (Wildman–Crippen MR) is 86.7 cm³/mol. The van der Waals surface area contributed by atoms with Gasteiger partial charge in [0.1, 0.15) is 5.82 Å².